The monoisotopic (exact) mass is 354 g/mol. The van der Waals surface area contributed by atoms with Crippen LogP contribution in [0.15, 0.2) is 15.8 Å². The molecule has 1 aliphatic rings. The van der Waals surface area contributed by atoms with Crippen molar-refractivity contribution in [1.29, 1.82) is 0 Å². The summed E-state index contributed by atoms with van der Waals surface area (Å²) in [6, 6.07) is 0. The van der Waals surface area contributed by atoms with Crippen LogP contribution in [-0.4, -0.2) is 36.4 Å². The summed E-state index contributed by atoms with van der Waals surface area (Å²) in [6.07, 6.45) is 0.143. The largest absolute Gasteiger partial charge is 0.414 e. The van der Waals surface area contributed by atoms with Gasteiger partial charge < -0.3 is 9.16 Å². The summed E-state index contributed by atoms with van der Waals surface area (Å²) in [5.41, 5.74) is -0.612. The number of hydrogen-bond acceptors (Lipinski definition) is 5. The van der Waals surface area contributed by atoms with Crippen LogP contribution in [0, 0.1) is 6.92 Å². The minimum absolute atomic E-state index is 0.0427. The quantitative estimate of drug-likeness (QED) is 0.832. The lowest BCUT2D eigenvalue weighted by Crippen LogP contribution is -2.43. The Hall–Kier alpha value is -1.51. The molecule has 0 saturated carbocycles. The Balaban J connectivity index is 2.11. The van der Waals surface area contributed by atoms with Gasteiger partial charge in [0.05, 0.1) is 13.0 Å². The summed E-state index contributed by atoms with van der Waals surface area (Å²) >= 11 is 0. The van der Waals surface area contributed by atoms with E-state index in [1.807, 2.05) is 0 Å². The van der Waals surface area contributed by atoms with Gasteiger partial charge in [0.25, 0.3) is 5.56 Å². The van der Waals surface area contributed by atoms with Gasteiger partial charge in [-0.3, -0.25) is 19.1 Å². The maximum absolute atomic E-state index is 12.2. The Morgan fingerprint density at radius 1 is 1.33 bits per heavy atom. The Morgan fingerprint density at radius 3 is 2.54 bits per heavy atom. The van der Waals surface area contributed by atoms with Crippen molar-refractivity contribution in [3.05, 3.63) is 32.6 Å². The molecule has 7 nitrogen and oxygen atoms in total. The van der Waals surface area contributed by atoms with Crippen molar-refractivity contribution in [3.63, 3.8) is 0 Å². The third-order valence-electron chi connectivity index (χ3n) is 4.91. The summed E-state index contributed by atoms with van der Waals surface area (Å²) in [6.45, 7) is 12.4. The average molecular weight is 354 g/mol. The summed E-state index contributed by atoms with van der Waals surface area (Å²) in [7, 11) is -1.98. The minimum atomic E-state index is -1.98. The van der Waals surface area contributed by atoms with Gasteiger partial charge in [-0.1, -0.05) is 20.8 Å². The third-order valence-corrected chi connectivity index (χ3v) is 9.41. The van der Waals surface area contributed by atoms with Crippen molar-refractivity contribution in [2.45, 2.75) is 64.6 Å². The van der Waals surface area contributed by atoms with Crippen molar-refractivity contribution in [1.82, 2.24) is 9.55 Å². The highest BCUT2D eigenvalue weighted by Gasteiger charge is 2.41. The predicted molar refractivity (Wildman–Crippen MR) is 92.7 cm³/mol. The van der Waals surface area contributed by atoms with E-state index in [-0.39, 0.29) is 23.8 Å². The first-order valence-electron chi connectivity index (χ1n) is 8.06. The molecular weight excluding hydrogens is 328 g/mol. The van der Waals surface area contributed by atoms with Gasteiger partial charge in [-0.15, -0.1) is 0 Å². The fourth-order valence-electron chi connectivity index (χ4n) is 2.21. The first kappa shape index (κ1) is 18.8. The Labute approximate surface area is 142 Å². The van der Waals surface area contributed by atoms with Gasteiger partial charge in [0, 0.05) is 11.8 Å². The number of aryl methyl sites for hydroxylation is 1. The van der Waals surface area contributed by atoms with Crippen LogP contribution in [0.25, 0.3) is 0 Å². The molecule has 0 amide bonds. The molecule has 1 aromatic heterocycles. The molecule has 8 heteroatoms. The molecule has 0 aliphatic carbocycles. The standard InChI is InChI=1S/C16H26N2O5Si/c1-10-8-18(15(21)17-14(10)20)13-7-11(19)12(23-13)9-22-24(5,6)16(2,3)4/h8,12-13H,7,9H2,1-6H3,(H,17,20,21)/t12-,13-/m1/s1. The molecule has 134 valence electrons. The van der Waals surface area contributed by atoms with E-state index in [4.69, 9.17) is 9.16 Å². The smallest absolute Gasteiger partial charge is 0.330 e. The number of rotatable bonds is 4. The second-order valence-corrected chi connectivity index (χ2v) is 12.6. The lowest BCUT2D eigenvalue weighted by Gasteiger charge is -2.36. The van der Waals surface area contributed by atoms with Crippen LogP contribution in [0.1, 0.15) is 39.0 Å². The SMILES string of the molecule is Cc1cn([C@H]2CC(=O)[C@@H](CO[Si](C)(C)C(C)(C)C)O2)c(=O)[nH]c1=O. The highest BCUT2D eigenvalue weighted by atomic mass is 28.4. The number of H-pyrrole nitrogens is 1. The van der Waals surface area contributed by atoms with Gasteiger partial charge in [0.2, 0.25) is 0 Å². The van der Waals surface area contributed by atoms with E-state index in [0.717, 1.165) is 0 Å². The minimum Gasteiger partial charge on any atom is -0.414 e. The van der Waals surface area contributed by atoms with Crippen LogP contribution >= 0.6 is 0 Å². The van der Waals surface area contributed by atoms with Crippen LogP contribution in [0.3, 0.4) is 0 Å². The summed E-state index contributed by atoms with van der Waals surface area (Å²) < 4.78 is 13.1. The zero-order valence-corrected chi connectivity index (χ0v) is 16.1. The van der Waals surface area contributed by atoms with E-state index in [9.17, 15) is 14.4 Å². The highest BCUT2D eigenvalue weighted by Crippen LogP contribution is 2.37. The van der Waals surface area contributed by atoms with E-state index >= 15 is 0 Å². The molecule has 0 aromatic carbocycles. The molecule has 0 bridgehead atoms. The number of ketones is 1. The zero-order valence-electron chi connectivity index (χ0n) is 15.1. The molecule has 0 unspecified atom stereocenters. The molecule has 1 saturated heterocycles. The normalized spacial score (nSPS) is 22.2. The molecule has 0 spiro atoms. The van der Waals surface area contributed by atoms with Crippen LogP contribution in [-0.2, 0) is 14.0 Å². The van der Waals surface area contributed by atoms with Crippen molar-refractivity contribution < 1.29 is 14.0 Å². The number of ether oxygens (including phenoxy) is 1. The molecule has 2 atom stereocenters. The highest BCUT2D eigenvalue weighted by molar-refractivity contribution is 6.74. The van der Waals surface area contributed by atoms with E-state index in [0.29, 0.717) is 5.56 Å². The molecular formula is C16H26N2O5Si. The number of hydrogen-bond donors (Lipinski definition) is 1. The van der Waals surface area contributed by atoms with Crippen molar-refractivity contribution in [2.24, 2.45) is 0 Å². The number of aromatic amines is 1. The van der Waals surface area contributed by atoms with Gasteiger partial charge in [0.1, 0.15) is 12.3 Å². The number of Topliss-reactive ketones (excluding diaryl/α,β-unsaturated/α-hetero) is 1. The molecule has 1 aromatic rings. The first-order chi connectivity index (χ1) is 10.9. The second-order valence-electron chi connectivity index (χ2n) is 7.80. The molecule has 1 N–H and O–H groups in total. The van der Waals surface area contributed by atoms with Crippen LogP contribution in [0.5, 0.6) is 0 Å². The lowest BCUT2D eigenvalue weighted by atomic mass is 10.2. The Bertz CT molecular complexity index is 744. The number of nitrogens with zero attached hydrogens (tertiary/aromatic N) is 1. The topological polar surface area (TPSA) is 90.4 Å². The first-order valence-corrected chi connectivity index (χ1v) is 11.0. The van der Waals surface area contributed by atoms with Crippen LogP contribution in [0.4, 0.5) is 0 Å². The number of carbonyl (C=O) groups excluding carboxylic acids is 1. The van der Waals surface area contributed by atoms with Gasteiger partial charge in [-0.25, -0.2) is 4.79 Å². The average Bonchev–Trinajstić information content (AvgIpc) is 2.80. The zero-order chi connectivity index (χ0) is 18.3. The molecule has 1 aliphatic heterocycles. The molecule has 24 heavy (non-hydrogen) atoms. The van der Waals surface area contributed by atoms with Crippen LogP contribution in [0.2, 0.25) is 18.1 Å². The van der Waals surface area contributed by atoms with E-state index in [2.05, 4.69) is 38.8 Å². The van der Waals surface area contributed by atoms with E-state index in [1.165, 1.54) is 10.8 Å². The van der Waals surface area contributed by atoms with Gasteiger partial charge in [-0.05, 0) is 25.1 Å². The van der Waals surface area contributed by atoms with E-state index < -0.39 is 31.9 Å². The van der Waals surface area contributed by atoms with Crippen molar-refractivity contribution in [3.8, 4) is 0 Å². The lowest BCUT2D eigenvalue weighted by molar-refractivity contribution is -0.124. The number of nitrogens with one attached hydrogen (secondary N) is 1. The second kappa shape index (κ2) is 6.42. The third kappa shape index (κ3) is 3.76. The summed E-state index contributed by atoms with van der Waals surface area (Å²) in [5, 5.41) is 0.0427. The fourth-order valence-corrected chi connectivity index (χ4v) is 3.21. The molecule has 2 rings (SSSR count). The fraction of sp³-hybridized carbons (Fsp3) is 0.688. The Kier molecular flexibility index (Phi) is 5.03. The predicted octanol–water partition coefficient (Wildman–Crippen LogP) is 1.72. The molecule has 1 fully saturated rings. The summed E-state index contributed by atoms with van der Waals surface area (Å²) in [4.78, 5) is 37.8. The maximum Gasteiger partial charge on any atom is 0.330 e. The molecule has 2 heterocycles. The number of carbonyl (C=O) groups is 1. The van der Waals surface area contributed by atoms with Crippen LogP contribution < -0.4 is 11.2 Å². The van der Waals surface area contributed by atoms with E-state index in [1.54, 1.807) is 6.92 Å². The van der Waals surface area contributed by atoms with Gasteiger partial charge in [0.15, 0.2) is 14.1 Å². The van der Waals surface area contributed by atoms with Crippen molar-refractivity contribution in [2.75, 3.05) is 6.61 Å². The van der Waals surface area contributed by atoms with Crippen molar-refractivity contribution >= 4 is 14.1 Å². The van der Waals surface area contributed by atoms with Gasteiger partial charge >= 0.3 is 5.69 Å². The van der Waals surface area contributed by atoms with Gasteiger partial charge in [-0.2, -0.15) is 0 Å². The molecule has 0 radical (unpaired) electrons. The maximum atomic E-state index is 12.2. The summed E-state index contributed by atoms with van der Waals surface area (Å²) in [5.74, 6) is -0.0885. The Morgan fingerprint density at radius 2 is 1.96 bits per heavy atom. The number of aromatic nitrogens is 2.